The molecule has 2 saturated carbocycles. The topological polar surface area (TPSA) is 15.3 Å². The number of piperidine rings is 1. The molecule has 1 heterocycles. The smallest absolute Gasteiger partial charge is 0.0334 e. The van der Waals surface area contributed by atoms with Crippen LogP contribution in [0.2, 0.25) is 0 Å². The molecule has 0 aromatic rings. The molecule has 3 rings (SSSR count). The van der Waals surface area contributed by atoms with Crippen molar-refractivity contribution in [3.05, 3.63) is 0 Å². The zero-order chi connectivity index (χ0) is 12.3. The van der Waals surface area contributed by atoms with Gasteiger partial charge in [-0.1, -0.05) is 32.1 Å². The molecule has 2 heteroatoms. The maximum Gasteiger partial charge on any atom is 0.0334 e. The monoisotopic (exact) mass is 250 g/mol. The van der Waals surface area contributed by atoms with Gasteiger partial charge in [0.25, 0.3) is 0 Å². The first-order valence-corrected chi connectivity index (χ1v) is 8.38. The Morgan fingerprint density at radius 3 is 2.11 bits per heavy atom. The minimum Gasteiger partial charge on any atom is -0.312 e. The van der Waals surface area contributed by atoms with E-state index in [4.69, 9.17) is 0 Å². The van der Waals surface area contributed by atoms with E-state index in [0.717, 1.165) is 6.04 Å². The van der Waals surface area contributed by atoms with Gasteiger partial charge in [-0.15, -0.1) is 0 Å². The van der Waals surface area contributed by atoms with Gasteiger partial charge in [0.05, 0.1) is 0 Å². The number of hydrogen-bond acceptors (Lipinski definition) is 2. The highest BCUT2D eigenvalue weighted by molar-refractivity contribution is 4.97. The van der Waals surface area contributed by atoms with Crippen molar-refractivity contribution in [2.75, 3.05) is 19.6 Å². The maximum atomic E-state index is 3.89. The number of likely N-dealkylation sites (tertiary alicyclic amines) is 1. The fourth-order valence-corrected chi connectivity index (χ4v) is 4.13. The van der Waals surface area contributed by atoms with Gasteiger partial charge >= 0.3 is 0 Å². The molecular weight excluding hydrogens is 220 g/mol. The Hall–Kier alpha value is -0.0800. The molecule has 3 aliphatic rings. The molecular formula is C16H30N2. The first kappa shape index (κ1) is 12.9. The molecule has 3 fully saturated rings. The van der Waals surface area contributed by atoms with Gasteiger partial charge in [-0.05, 0) is 51.6 Å². The van der Waals surface area contributed by atoms with Crippen LogP contribution < -0.4 is 5.32 Å². The van der Waals surface area contributed by atoms with Crippen molar-refractivity contribution in [3.63, 3.8) is 0 Å². The average Bonchev–Trinajstić information content (AvgIpc) is 2.39. The first-order chi connectivity index (χ1) is 8.89. The van der Waals surface area contributed by atoms with E-state index >= 15 is 0 Å². The van der Waals surface area contributed by atoms with Crippen LogP contribution >= 0.6 is 0 Å². The first-order valence-electron chi connectivity index (χ1n) is 8.38. The second-order valence-electron chi connectivity index (χ2n) is 6.84. The third kappa shape index (κ3) is 2.75. The third-order valence-corrected chi connectivity index (χ3v) is 5.64. The predicted molar refractivity (Wildman–Crippen MR) is 76.9 cm³/mol. The summed E-state index contributed by atoms with van der Waals surface area (Å²) in [4.78, 5) is 2.86. The van der Waals surface area contributed by atoms with Gasteiger partial charge < -0.3 is 5.32 Å². The summed E-state index contributed by atoms with van der Waals surface area (Å²) in [5.41, 5.74) is 0.536. The molecule has 0 bridgehead atoms. The van der Waals surface area contributed by atoms with Crippen molar-refractivity contribution < 1.29 is 0 Å². The van der Waals surface area contributed by atoms with E-state index in [1.165, 1.54) is 90.3 Å². The van der Waals surface area contributed by atoms with Crippen molar-refractivity contribution in [2.24, 2.45) is 0 Å². The lowest BCUT2D eigenvalue weighted by Crippen LogP contribution is -2.59. The lowest BCUT2D eigenvalue weighted by atomic mass is 9.78. The molecule has 2 nitrogen and oxygen atoms in total. The minimum atomic E-state index is 0.536. The largest absolute Gasteiger partial charge is 0.312 e. The highest BCUT2D eigenvalue weighted by Gasteiger charge is 2.38. The van der Waals surface area contributed by atoms with Gasteiger partial charge in [-0.3, -0.25) is 4.90 Å². The number of nitrogens with one attached hydrogen (secondary N) is 1. The van der Waals surface area contributed by atoms with E-state index in [2.05, 4.69) is 10.2 Å². The van der Waals surface area contributed by atoms with Gasteiger partial charge in [0.1, 0.15) is 0 Å². The van der Waals surface area contributed by atoms with E-state index < -0.39 is 0 Å². The summed E-state index contributed by atoms with van der Waals surface area (Å²) in [5, 5.41) is 3.89. The maximum absolute atomic E-state index is 3.89. The van der Waals surface area contributed by atoms with Crippen molar-refractivity contribution in [2.45, 2.75) is 82.2 Å². The fraction of sp³-hybridized carbons (Fsp3) is 1.00. The quantitative estimate of drug-likeness (QED) is 0.823. The van der Waals surface area contributed by atoms with Crippen LogP contribution in [0.5, 0.6) is 0 Å². The normalized spacial score (nSPS) is 30.0. The number of hydrogen-bond donors (Lipinski definition) is 1. The fourth-order valence-electron chi connectivity index (χ4n) is 4.13. The summed E-state index contributed by atoms with van der Waals surface area (Å²) in [6.07, 6.45) is 15.9. The van der Waals surface area contributed by atoms with Crippen LogP contribution in [0.25, 0.3) is 0 Å². The lowest BCUT2D eigenvalue weighted by Gasteiger charge is -2.49. The molecule has 1 saturated heterocycles. The van der Waals surface area contributed by atoms with Crippen LogP contribution in [0, 0.1) is 0 Å². The molecule has 0 radical (unpaired) electrons. The van der Waals surface area contributed by atoms with E-state index in [-0.39, 0.29) is 0 Å². The Morgan fingerprint density at radius 1 is 0.833 bits per heavy atom. The zero-order valence-electron chi connectivity index (χ0n) is 11.9. The van der Waals surface area contributed by atoms with Crippen molar-refractivity contribution >= 4 is 0 Å². The van der Waals surface area contributed by atoms with Gasteiger partial charge in [0, 0.05) is 18.1 Å². The summed E-state index contributed by atoms with van der Waals surface area (Å²) in [5.74, 6) is 0. The van der Waals surface area contributed by atoms with Gasteiger partial charge in [0.15, 0.2) is 0 Å². The van der Waals surface area contributed by atoms with Crippen LogP contribution in [0.1, 0.15) is 70.6 Å². The summed E-state index contributed by atoms with van der Waals surface area (Å²) in [7, 11) is 0. The van der Waals surface area contributed by atoms with Crippen LogP contribution in [0.15, 0.2) is 0 Å². The molecule has 0 atom stereocenters. The van der Waals surface area contributed by atoms with Gasteiger partial charge in [-0.2, -0.15) is 0 Å². The number of nitrogens with zero attached hydrogens (tertiary/aromatic N) is 1. The summed E-state index contributed by atoms with van der Waals surface area (Å²) in [6.45, 7) is 4.01. The molecule has 1 aliphatic heterocycles. The summed E-state index contributed by atoms with van der Waals surface area (Å²) >= 11 is 0. The molecule has 0 unspecified atom stereocenters. The van der Waals surface area contributed by atoms with Crippen LogP contribution in [-0.4, -0.2) is 36.1 Å². The van der Waals surface area contributed by atoms with Gasteiger partial charge in [0.2, 0.25) is 0 Å². The molecule has 104 valence electrons. The second kappa shape index (κ2) is 5.92. The average molecular weight is 250 g/mol. The molecule has 0 aromatic carbocycles. The SMILES string of the molecule is C1CCN(C2(CNC3CCC3)CCCCC2)CC1. The van der Waals surface area contributed by atoms with E-state index in [0.29, 0.717) is 5.54 Å². The van der Waals surface area contributed by atoms with E-state index in [1.54, 1.807) is 0 Å². The highest BCUT2D eigenvalue weighted by atomic mass is 15.2. The molecule has 0 spiro atoms. The second-order valence-corrected chi connectivity index (χ2v) is 6.84. The molecule has 18 heavy (non-hydrogen) atoms. The Morgan fingerprint density at radius 2 is 1.50 bits per heavy atom. The Bertz CT molecular complexity index is 248. The Labute approximate surface area is 113 Å². The van der Waals surface area contributed by atoms with Crippen molar-refractivity contribution in [3.8, 4) is 0 Å². The Balaban J connectivity index is 1.61. The van der Waals surface area contributed by atoms with Gasteiger partial charge in [-0.25, -0.2) is 0 Å². The third-order valence-electron chi connectivity index (χ3n) is 5.64. The number of rotatable bonds is 4. The summed E-state index contributed by atoms with van der Waals surface area (Å²) < 4.78 is 0. The van der Waals surface area contributed by atoms with Crippen LogP contribution in [0.4, 0.5) is 0 Å². The molecule has 0 aromatic heterocycles. The van der Waals surface area contributed by atoms with Crippen molar-refractivity contribution in [1.82, 2.24) is 10.2 Å². The van der Waals surface area contributed by atoms with Crippen LogP contribution in [0.3, 0.4) is 0 Å². The van der Waals surface area contributed by atoms with E-state index in [9.17, 15) is 0 Å². The molecule has 2 aliphatic carbocycles. The minimum absolute atomic E-state index is 0.536. The van der Waals surface area contributed by atoms with Crippen LogP contribution in [-0.2, 0) is 0 Å². The van der Waals surface area contributed by atoms with E-state index in [1.807, 2.05) is 0 Å². The highest BCUT2D eigenvalue weighted by Crippen LogP contribution is 2.35. The Kier molecular flexibility index (Phi) is 4.25. The van der Waals surface area contributed by atoms with Crippen molar-refractivity contribution in [1.29, 1.82) is 0 Å². The molecule has 0 amide bonds. The standard InChI is InChI=1S/C16H30N2/c1-3-10-16(11-4-1,14-17-15-8-7-9-15)18-12-5-2-6-13-18/h15,17H,1-14H2. The lowest BCUT2D eigenvalue weighted by molar-refractivity contribution is 0.0291. The predicted octanol–water partition coefficient (Wildman–Crippen LogP) is 3.32. The molecule has 1 N–H and O–H groups in total. The summed E-state index contributed by atoms with van der Waals surface area (Å²) in [6, 6.07) is 0.855. The zero-order valence-corrected chi connectivity index (χ0v) is 11.9.